The van der Waals surface area contributed by atoms with Gasteiger partial charge in [-0.25, -0.2) is 0 Å². The third-order valence-corrected chi connectivity index (χ3v) is 2.93. The first kappa shape index (κ1) is 16.3. The molecular formula is C16H25NO3. The Morgan fingerprint density at radius 2 is 1.95 bits per heavy atom. The van der Waals surface area contributed by atoms with E-state index in [4.69, 9.17) is 9.47 Å². The largest absolute Gasteiger partial charge is 0.493 e. The molecule has 1 N–H and O–H groups in total. The second-order valence-corrected chi connectivity index (χ2v) is 5.30. The molecule has 0 aliphatic carbocycles. The zero-order chi connectivity index (χ0) is 15.1. The summed E-state index contributed by atoms with van der Waals surface area (Å²) in [6, 6.07) is 5.38. The number of methoxy groups -OCH3 is 1. The van der Waals surface area contributed by atoms with Crippen LogP contribution in [0.4, 0.5) is 0 Å². The number of carbonyl (C=O) groups is 1. The van der Waals surface area contributed by atoms with E-state index in [-0.39, 0.29) is 11.9 Å². The van der Waals surface area contributed by atoms with Crippen LogP contribution in [0.5, 0.6) is 11.5 Å². The molecule has 1 atom stereocenters. The van der Waals surface area contributed by atoms with Crippen molar-refractivity contribution in [3.8, 4) is 11.5 Å². The highest BCUT2D eigenvalue weighted by Crippen LogP contribution is 2.28. The minimum Gasteiger partial charge on any atom is -0.493 e. The van der Waals surface area contributed by atoms with Gasteiger partial charge in [-0.1, -0.05) is 13.8 Å². The maximum atomic E-state index is 12.2. The summed E-state index contributed by atoms with van der Waals surface area (Å²) in [7, 11) is 1.59. The first-order chi connectivity index (χ1) is 9.47. The maximum Gasteiger partial charge on any atom is 0.251 e. The Morgan fingerprint density at radius 3 is 2.50 bits per heavy atom. The fourth-order valence-corrected chi connectivity index (χ4v) is 2.16. The highest BCUT2D eigenvalue weighted by Gasteiger charge is 2.14. The van der Waals surface area contributed by atoms with Crippen molar-refractivity contribution in [3.63, 3.8) is 0 Å². The smallest absolute Gasteiger partial charge is 0.251 e. The fourth-order valence-electron chi connectivity index (χ4n) is 2.16. The molecule has 0 aliphatic heterocycles. The molecule has 0 aromatic heterocycles. The summed E-state index contributed by atoms with van der Waals surface area (Å²) in [6.07, 6.45) is 0.959. The monoisotopic (exact) mass is 279 g/mol. The molecule has 0 fully saturated rings. The van der Waals surface area contributed by atoms with Crippen molar-refractivity contribution in [2.24, 2.45) is 5.92 Å². The topological polar surface area (TPSA) is 47.6 Å². The van der Waals surface area contributed by atoms with Crippen LogP contribution in [0.15, 0.2) is 18.2 Å². The average Bonchev–Trinajstić information content (AvgIpc) is 2.37. The Labute approximate surface area is 121 Å². The van der Waals surface area contributed by atoms with E-state index in [1.54, 1.807) is 25.3 Å². The second-order valence-electron chi connectivity index (χ2n) is 5.30. The van der Waals surface area contributed by atoms with E-state index in [0.29, 0.717) is 29.6 Å². The van der Waals surface area contributed by atoms with Crippen LogP contribution < -0.4 is 14.8 Å². The molecule has 0 heterocycles. The number of carbonyl (C=O) groups excluding carboxylic acids is 1. The Balaban J connectivity index is 2.80. The second kappa shape index (κ2) is 7.78. The van der Waals surface area contributed by atoms with Crippen molar-refractivity contribution in [1.29, 1.82) is 0 Å². The van der Waals surface area contributed by atoms with Gasteiger partial charge in [0.05, 0.1) is 13.7 Å². The van der Waals surface area contributed by atoms with Crippen LogP contribution in [0.1, 0.15) is 44.5 Å². The minimum absolute atomic E-state index is 0.0817. The van der Waals surface area contributed by atoms with Gasteiger partial charge >= 0.3 is 0 Å². The molecule has 4 heteroatoms. The Hall–Kier alpha value is -1.71. The quantitative estimate of drug-likeness (QED) is 0.833. The SMILES string of the molecule is CCOc1cc(C(=O)N[C@H](C)CC(C)C)ccc1OC. The third kappa shape index (κ3) is 4.76. The molecule has 1 aromatic carbocycles. The van der Waals surface area contributed by atoms with Gasteiger partial charge in [-0.15, -0.1) is 0 Å². The molecule has 1 rings (SSSR count). The Bertz CT molecular complexity index is 443. The van der Waals surface area contributed by atoms with Crippen LogP contribution >= 0.6 is 0 Å². The van der Waals surface area contributed by atoms with Gasteiger partial charge in [-0.05, 0) is 44.4 Å². The number of amides is 1. The predicted octanol–water partition coefficient (Wildman–Crippen LogP) is 3.26. The molecule has 1 amide bonds. The summed E-state index contributed by atoms with van der Waals surface area (Å²) in [5.41, 5.74) is 0.588. The molecule has 0 bridgehead atoms. The zero-order valence-corrected chi connectivity index (χ0v) is 13.0. The van der Waals surface area contributed by atoms with Gasteiger partial charge in [-0.3, -0.25) is 4.79 Å². The van der Waals surface area contributed by atoms with Gasteiger partial charge in [0, 0.05) is 11.6 Å². The van der Waals surface area contributed by atoms with Crippen molar-refractivity contribution >= 4 is 5.91 Å². The molecule has 4 nitrogen and oxygen atoms in total. The number of nitrogens with one attached hydrogen (secondary N) is 1. The molecule has 0 saturated carbocycles. The van der Waals surface area contributed by atoms with Gasteiger partial charge in [0.15, 0.2) is 11.5 Å². The lowest BCUT2D eigenvalue weighted by molar-refractivity contribution is 0.0935. The van der Waals surface area contributed by atoms with Gasteiger partial charge in [-0.2, -0.15) is 0 Å². The Morgan fingerprint density at radius 1 is 1.25 bits per heavy atom. The van der Waals surface area contributed by atoms with Gasteiger partial charge < -0.3 is 14.8 Å². The summed E-state index contributed by atoms with van der Waals surface area (Å²) in [4.78, 5) is 12.2. The standard InChI is InChI=1S/C16H25NO3/c1-6-20-15-10-13(7-8-14(15)19-5)16(18)17-12(4)9-11(2)3/h7-8,10-12H,6,9H2,1-5H3,(H,17,18)/t12-/m1/s1. The van der Waals surface area contributed by atoms with Gasteiger partial charge in [0.2, 0.25) is 0 Å². The van der Waals surface area contributed by atoms with Gasteiger partial charge in [0.1, 0.15) is 0 Å². The first-order valence-corrected chi connectivity index (χ1v) is 7.09. The molecule has 0 unspecified atom stereocenters. The lowest BCUT2D eigenvalue weighted by Crippen LogP contribution is -2.33. The van der Waals surface area contributed by atoms with E-state index < -0.39 is 0 Å². The molecule has 0 saturated heterocycles. The lowest BCUT2D eigenvalue weighted by Gasteiger charge is -2.16. The summed E-state index contributed by atoms with van der Waals surface area (Å²) < 4.78 is 10.7. The van der Waals surface area contributed by atoms with Crippen LogP contribution in [0.25, 0.3) is 0 Å². The molecule has 0 radical (unpaired) electrons. The highest BCUT2D eigenvalue weighted by molar-refractivity contribution is 5.95. The van der Waals surface area contributed by atoms with Crippen molar-refractivity contribution in [2.75, 3.05) is 13.7 Å². The third-order valence-electron chi connectivity index (χ3n) is 2.93. The van der Waals surface area contributed by atoms with E-state index in [1.165, 1.54) is 0 Å². The van der Waals surface area contributed by atoms with Crippen molar-refractivity contribution < 1.29 is 14.3 Å². The number of rotatable bonds is 7. The zero-order valence-electron chi connectivity index (χ0n) is 13.0. The average molecular weight is 279 g/mol. The van der Waals surface area contributed by atoms with Crippen LogP contribution in [0, 0.1) is 5.92 Å². The number of hydrogen-bond donors (Lipinski definition) is 1. The summed E-state index contributed by atoms with van der Waals surface area (Å²) in [5, 5.41) is 3.00. The van der Waals surface area contributed by atoms with Gasteiger partial charge in [0.25, 0.3) is 5.91 Å². The number of ether oxygens (including phenoxy) is 2. The summed E-state index contributed by atoms with van der Waals surface area (Å²) >= 11 is 0. The predicted molar refractivity (Wildman–Crippen MR) is 80.5 cm³/mol. The van der Waals surface area contributed by atoms with Crippen molar-refractivity contribution in [1.82, 2.24) is 5.32 Å². The van der Waals surface area contributed by atoms with Crippen molar-refractivity contribution in [2.45, 2.75) is 40.2 Å². The fraction of sp³-hybridized carbons (Fsp3) is 0.562. The van der Waals surface area contributed by atoms with E-state index in [1.807, 2.05) is 13.8 Å². The van der Waals surface area contributed by atoms with Crippen LogP contribution in [0.2, 0.25) is 0 Å². The highest BCUT2D eigenvalue weighted by atomic mass is 16.5. The maximum absolute atomic E-state index is 12.2. The van der Waals surface area contributed by atoms with E-state index in [2.05, 4.69) is 19.2 Å². The van der Waals surface area contributed by atoms with Crippen LogP contribution in [0.3, 0.4) is 0 Å². The number of benzene rings is 1. The first-order valence-electron chi connectivity index (χ1n) is 7.09. The summed E-state index contributed by atoms with van der Waals surface area (Å²) in [6.45, 7) is 8.74. The Kier molecular flexibility index (Phi) is 6.36. The molecular weight excluding hydrogens is 254 g/mol. The molecule has 0 aliphatic rings. The van der Waals surface area contributed by atoms with E-state index in [9.17, 15) is 4.79 Å². The van der Waals surface area contributed by atoms with Crippen molar-refractivity contribution in [3.05, 3.63) is 23.8 Å². The molecule has 0 spiro atoms. The summed E-state index contributed by atoms with van der Waals surface area (Å²) in [5.74, 6) is 1.71. The van der Waals surface area contributed by atoms with Crippen LogP contribution in [-0.2, 0) is 0 Å². The minimum atomic E-state index is -0.0817. The molecule has 1 aromatic rings. The number of hydrogen-bond acceptors (Lipinski definition) is 3. The molecule has 20 heavy (non-hydrogen) atoms. The van der Waals surface area contributed by atoms with Crippen LogP contribution in [-0.4, -0.2) is 25.7 Å². The normalized spacial score (nSPS) is 12.1. The lowest BCUT2D eigenvalue weighted by atomic mass is 10.0. The molecule has 112 valence electrons. The van der Waals surface area contributed by atoms with E-state index in [0.717, 1.165) is 6.42 Å². The van der Waals surface area contributed by atoms with E-state index >= 15 is 0 Å².